The highest BCUT2D eigenvalue weighted by molar-refractivity contribution is 6.29. The Morgan fingerprint density at radius 3 is 2.42 bits per heavy atom. The molecule has 1 aromatic heterocycles. The molecule has 2 bridgehead atoms. The van der Waals surface area contributed by atoms with Crippen molar-refractivity contribution in [3.8, 4) is 0 Å². The number of carboxylic acids is 1. The van der Waals surface area contributed by atoms with Crippen molar-refractivity contribution in [2.24, 2.45) is 16.8 Å². The average molecular weight is 642 g/mol. The van der Waals surface area contributed by atoms with Gasteiger partial charge in [0.05, 0.1) is 17.5 Å². The number of ether oxygens (including phenoxy) is 1. The Balaban J connectivity index is 1.50. The summed E-state index contributed by atoms with van der Waals surface area (Å²) in [5.74, 6) is -0.569. The number of pyridine rings is 1. The van der Waals surface area contributed by atoms with Crippen LogP contribution in [0.2, 0.25) is 5.15 Å². The van der Waals surface area contributed by atoms with Crippen molar-refractivity contribution in [1.29, 1.82) is 0 Å². The highest BCUT2D eigenvalue weighted by Crippen LogP contribution is 2.38. The van der Waals surface area contributed by atoms with Crippen molar-refractivity contribution in [3.63, 3.8) is 0 Å². The fourth-order valence-electron chi connectivity index (χ4n) is 7.03. The highest BCUT2D eigenvalue weighted by atomic mass is 35.5. The molecule has 4 atom stereocenters. The number of hydrazine groups is 2. The number of hydrogen-bond acceptors (Lipinski definition) is 9. The quantitative estimate of drug-likeness (QED) is 0.437. The minimum Gasteiger partial charge on any atom is -0.480 e. The van der Waals surface area contributed by atoms with Crippen LogP contribution in [0.1, 0.15) is 58.7 Å². The Morgan fingerprint density at radius 1 is 1.09 bits per heavy atom. The van der Waals surface area contributed by atoms with E-state index in [2.05, 4.69) is 63.0 Å². The topological polar surface area (TPSA) is 88.0 Å². The average Bonchev–Trinajstić information content (AvgIpc) is 3.31. The summed E-state index contributed by atoms with van der Waals surface area (Å²) in [7, 11) is 0. The van der Waals surface area contributed by atoms with Crippen LogP contribution in [0.3, 0.4) is 0 Å². The van der Waals surface area contributed by atoms with Crippen LogP contribution >= 0.6 is 11.6 Å². The van der Waals surface area contributed by atoms with Gasteiger partial charge in [-0.1, -0.05) is 76.6 Å². The van der Waals surface area contributed by atoms with Crippen molar-refractivity contribution >= 4 is 23.4 Å². The third kappa shape index (κ3) is 6.30. The third-order valence-electron chi connectivity index (χ3n) is 9.17. The molecule has 45 heavy (non-hydrogen) atoms. The number of aliphatic carboxylic acids is 1. The second-order valence-electron chi connectivity index (χ2n) is 14.0. The van der Waals surface area contributed by atoms with Crippen LogP contribution in [-0.2, 0) is 21.5 Å². The van der Waals surface area contributed by atoms with E-state index in [0.717, 1.165) is 26.1 Å². The Kier molecular flexibility index (Phi) is 9.11. The van der Waals surface area contributed by atoms with Crippen molar-refractivity contribution in [2.45, 2.75) is 71.8 Å². The Hall–Kier alpha value is -2.83. The first-order valence-electron chi connectivity index (χ1n) is 16.1. The monoisotopic (exact) mass is 641 g/mol. The number of benzene rings is 1. The van der Waals surface area contributed by atoms with Crippen LogP contribution < -0.4 is 10.6 Å². The van der Waals surface area contributed by atoms with Gasteiger partial charge in [0.2, 0.25) is 6.35 Å². The lowest BCUT2D eigenvalue weighted by molar-refractivity contribution is -0.174. The van der Waals surface area contributed by atoms with Crippen molar-refractivity contribution < 1.29 is 19.0 Å². The number of carbonyl (C=O) groups is 1. The first-order chi connectivity index (χ1) is 21.4. The standard InChI is InChI=1S/C33H45ClFN7O3/c1-21(2)20-45-32-36-26-24(28(33(3,4)5)37-29(34)25(26)35)30(41-14-12-23-11-13-40(41)27(23)31(43)44)42(32)39-17-15-38(16-18-39)19-22-9-7-6-8-10-22/h6-10,21,23,27,32H,11-20H2,1-5H3,(H,43,44)/t23?,27?,32-/m1/s1. The summed E-state index contributed by atoms with van der Waals surface area (Å²) in [6.45, 7) is 15.7. The summed E-state index contributed by atoms with van der Waals surface area (Å²) in [5.41, 5.74) is 1.37. The van der Waals surface area contributed by atoms with Gasteiger partial charge < -0.3 is 9.84 Å². The maximum atomic E-state index is 16.1. The molecule has 0 saturated carbocycles. The summed E-state index contributed by atoms with van der Waals surface area (Å²) < 4.78 is 22.5. The molecule has 10 nitrogen and oxygen atoms in total. The van der Waals surface area contributed by atoms with E-state index in [1.807, 2.05) is 31.8 Å². The lowest BCUT2D eigenvalue weighted by Gasteiger charge is -2.51. The van der Waals surface area contributed by atoms with Crippen LogP contribution in [0, 0.1) is 17.7 Å². The number of aromatic nitrogens is 1. The zero-order valence-corrected chi connectivity index (χ0v) is 27.7. The van der Waals surface area contributed by atoms with Gasteiger partial charge >= 0.3 is 5.97 Å². The maximum absolute atomic E-state index is 16.1. The van der Waals surface area contributed by atoms with Crippen molar-refractivity contribution in [3.05, 3.63) is 63.1 Å². The lowest BCUT2D eigenvalue weighted by atomic mass is 9.89. The summed E-state index contributed by atoms with van der Waals surface area (Å²) in [6.07, 6.45) is 0.650. The van der Waals surface area contributed by atoms with E-state index in [-0.39, 0.29) is 22.3 Å². The van der Waals surface area contributed by atoms with Crippen molar-refractivity contribution in [1.82, 2.24) is 29.9 Å². The molecule has 0 aliphatic carbocycles. The molecule has 244 valence electrons. The van der Waals surface area contributed by atoms with Gasteiger partial charge in [0.15, 0.2) is 11.0 Å². The van der Waals surface area contributed by atoms with Gasteiger partial charge in [-0.3, -0.25) is 14.7 Å². The van der Waals surface area contributed by atoms with Gasteiger partial charge in [0, 0.05) is 51.2 Å². The molecular weight excluding hydrogens is 597 g/mol. The summed E-state index contributed by atoms with van der Waals surface area (Å²) in [6, 6.07) is 9.79. The van der Waals surface area contributed by atoms with E-state index in [4.69, 9.17) is 21.3 Å². The molecule has 0 radical (unpaired) electrons. The smallest absolute Gasteiger partial charge is 0.323 e. The summed E-state index contributed by atoms with van der Waals surface area (Å²) in [4.78, 5) is 24.5. The van der Waals surface area contributed by atoms with Gasteiger partial charge in [0.25, 0.3) is 0 Å². The molecular formula is C33H45ClFN7O3. The molecule has 2 aromatic rings. The summed E-state index contributed by atoms with van der Waals surface area (Å²) >= 11 is 6.43. The largest absolute Gasteiger partial charge is 0.480 e. The van der Waals surface area contributed by atoms with E-state index < -0.39 is 29.6 Å². The Labute approximate surface area is 269 Å². The molecule has 4 aliphatic rings. The number of carboxylic acid groups (broad SMARTS) is 1. The normalized spacial score (nSPS) is 25.9. The van der Waals surface area contributed by atoms with Crippen LogP contribution in [-0.4, -0.2) is 99.3 Å². The second-order valence-corrected chi connectivity index (χ2v) is 14.4. The fraction of sp³-hybridized carbons (Fsp3) is 0.606. The van der Waals surface area contributed by atoms with Gasteiger partial charge in [-0.15, -0.1) is 0 Å². The molecule has 5 heterocycles. The van der Waals surface area contributed by atoms with E-state index in [0.29, 0.717) is 55.9 Å². The third-order valence-corrected chi connectivity index (χ3v) is 9.42. The molecule has 6 rings (SSSR count). The van der Waals surface area contributed by atoms with E-state index in [1.54, 1.807) is 0 Å². The number of halogens is 2. The van der Waals surface area contributed by atoms with E-state index >= 15 is 4.39 Å². The van der Waals surface area contributed by atoms with Crippen LogP contribution in [0.4, 0.5) is 4.39 Å². The predicted octanol–water partition coefficient (Wildman–Crippen LogP) is 3.26. The molecule has 1 N–H and O–H groups in total. The second kappa shape index (κ2) is 12.8. The van der Waals surface area contributed by atoms with Gasteiger partial charge in [-0.25, -0.2) is 29.4 Å². The van der Waals surface area contributed by atoms with Crippen molar-refractivity contribution in [2.75, 3.05) is 45.9 Å². The van der Waals surface area contributed by atoms with Gasteiger partial charge in [0.1, 0.15) is 17.2 Å². The number of hydrogen-bond donors (Lipinski definition) is 1. The van der Waals surface area contributed by atoms with Gasteiger partial charge in [-0.2, -0.15) is 0 Å². The van der Waals surface area contributed by atoms with E-state index in [9.17, 15) is 9.90 Å². The van der Waals surface area contributed by atoms with Gasteiger partial charge in [-0.05, 0) is 30.2 Å². The van der Waals surface area contributed by atoms with Crippen LogP contribution in [0.15, 0.2) is 35.3 Å². The molecule has 3 saturated heterocycles. The number of nitrogens with zero attached hydrogens (tertiary/aromatic N) is 7. The molecule has 0 amide bonds. The molecule has 1 aromatic carbocycles. The zero-order chi connectivity index (χ0) is 32.0. The number of fused-ring (bicyclic) bond motifs is 3. The lowest BCUT2D eigenvalue weighted by Crippen LogP contribution is -2.66. The maximum Gasteiger partial charge on any atom is 0.323 e. The summed E-state index contributed by atoms with van der Waals surface area (Å²) in [5, 5.41) is 19.1. The van der Waals surface area contributed by atoms with E-state index in [1.165, 1.54) is 5.56 Å². The van der Waals surface area contributed by atoms with Crippen LogP contribution in [0.5, 0.6) is 0 Å². The Bertz CT molecular complexity index is 1530. The first kappa shape index (κ1) is 32.1. The molecule has 0 spiro atoms. The van der Waals surface area contributed by atoms with Crippen LogP contribution in [0.25, 0.3) is 5.82 Å². The molecule has 3 fully saturated rings. The number of piperazine rings is 1. The SMILES string of the molecule is CC(C)CO[C@@H]1N=c2c(F)c(Cl)nc(C(C)(C)C)c2=C(N2CCC3CCN2C3C(=O)O)N1N1CCN(Cc2ccccc2)CC1. The molecule has 4 aliphatic heterocycles. The minimum absolute atomic E-state index is 0.0669. The highest BCUT2D eigenvalue weighted by Gasteiger charge is 2.49. The first-order valence-corrected chi connectivity index (χ1v) is 16.5. The molecule has 3 unspecified atom stereocenters. The number of rotatable bonds is 8. The fourth-order valence-corrected chi connectivity index (χ4v) is 7.20. The predicted molar refractivity (Wildman–Crippen MR) is 169 cm³/mol. The molecule has 12 heteroatoms. The zero-order valence-electron chi connectivity index (χ0n) is 26.9. The minimum atomic E-state index is -0.861. The Morgan fingerprint density at radius 2 is 1.78 bits per heavy atom.